The highest BCUT2D eigenvalue weighted by Gasteiger charge is 2.07. The molecule has 0 aliphatic rings. The highest BCUT2D eigenvalue weighted by molar-refractivity contribution is 7.09. The minimum absolute atomic E-state index is 0.00389. The van der Waals surface area contributed by atoms with Gasteiger partial charge in [-0.1, -0.05) is 0 Å². The van der Waals surface area contributed by atoms with E-state index in [2.05, 4.69) is 9.98 Å². The zero-order valence-electron chi connectivity index (χ0n) is 7.89. The molecular formula is C8H15N5S. The van der Waals surface area contributed by atoms with Crippen LogP contribution in [0.5, 0.6) is 0 Å². The van der Waals surface area contributed by atoms with Crippen molar-refractivity contribution in [3.8, 4) is 0 Å². The minimum atomic E-state index is 0.00389. The fourth-order valence-corrected chi connectivity index (χ4v) is 1.74. The summed E-state index contributed by atoms with van der Waals surface area (Å²) in [5.74, 6) is 0.132. The van der Waals surface area contributed by atoms with Crippen molar-refractivity contribution in [1.29, 1.82) is 0 Å². The van der Waals surface area contributed by atoms with Gasteiger partial charge in [-0.05, 0) is 12.8 Å². The molecule has 78 valence electrons. The van der Waals surface area contributed by atoms with Gasteiger partial charge in [-0.2, -0.15) is 0 Å². The molecule has 0 aliphatic heterocycles. The van der Waals surface area contributed by atoms with Crippen molar-refractivity contribution in [2.75, 3.05) is 6.54 Å². The van der Waals surface area contributed by atoms with Gasteiger partial charge in [0.25, 0.3) is 0 Å². The lowest BCUT2D eigenvalue weighted by atomic mass is 10.2. The van der Waals surface area contributed by atoms with Crippen molar-refractivity contribution >= 4 is 17.3 Å². The highest BCUT2D eigenvalue weighted by atomic mass is 32.1. The van der Waals surface area contributed by atoms with E-state index in [1.54, 1.807) is 17.5 Å². The van der Waals surface area contributed by atoms with Gasteiger partial charge >= 0.3 is 0 Å². The maximum atomic E-state index is 5.89. The Kier molecular flexibility index (Phi) is 4.34. The number of thiazole rings is 1. The molecule has 1 aromatic heterocycles. The first-order valence-corrected chi connectivity index (χ1v) is 5.28. The number of hydrogen-bond donors (Lipinski definition) is 3. The van der Waals surface area contributed by atoms with Crippen molar-refractivity contribution < 1.29 is 0 Å². The molecule has 1 unspecified atom stereocenters. The van der Waals surface area contributed by atoms with Gasteiger partial charge in [0.1, 0.15) is 5.01 Å². The summed E-state index contributed by atoms with van der Waals surface area (Å²) in [6, 6.07) is 0.00389. The number of aliphatic imine (C=N–C) groups is 1. The zero-order valence-corrected chi connectivity index (χ0v) is 8.70. The average Bonchev–Trinajstić information content (AvgIpc) is 2.64. The third-order valence-corrected chi connectivity index (χ3v) is 2.64. The minimum Gasteiger partial charge on any atom is -0.370 e. The van der Waals surface area contributed by atoms with Crippen LogP contribution in [0.15, 0.2) is 16.6 Å². The summed E-state index contributed by atoms with van der Waals surface area (Å²) in [5.41, 5.74) is 16.3. The van der Waals surface area contributed by atoms with Crippen LogP contribution < -0.4 is 17.2 Å². The van der Waals surface area contributed by atoms with E-state index in [1.165, 1.54) is 0 Å². The molecule has 6 heteroatoms. The molecule has 6 N–H and O–H groups in total. The zero-order chi connectivity index (χ0) is 10.4. The Hall–Kier alpha value is -1.14. The molecule has 0 bridgehead atoms. The van der Waals surface area contributed by atoms with Crippen molar-refractivity contribution in [1.82, 2.24) is 4.98 Å². The van der Waals surface area contributed by atoms with Gasteiger partial charge in [-0.3, -0.25) is 4.99 Å². The smallest absolute Gasteiger partial charge is 0.185 e. The summed E-state index contributed by atoms with van der Waals surface area (Å²) in [6.07, 6.45) is 3.48. The molecule has 0 spiro atoms. The molecule has 0 fully saturated rings. The van der Waals surface area contributed by atoms with E-state index in [9.17, 15) is 0 Å². The lowest BCUT2D eigenvalue weighted by Gasteiger charge is -2.06. The predicted molar refractivity (Wildman–Crippen MR) is 59.0 cm³/mol. The normalized spacial score (nSPS) is 12.4. The van der Waals surface area contributed by atoms with E-state index in [4.69, 9.17) is 17.2 Å². The first kappa shape index (κ1) is 10.9. The SMILES string of the molecule is NC(N)=NCCCC(N)c1nccs1. The summed E-state index contributed by atoms with van der Waals surface area (Å²) in [7, 11) is 0. The summed E-state index contributed by atoms with van der Waals surface area (Å²) in [4.78, 5) is 8.02. The first-order valence-electron chi connectivity index (χ1n) is 4.40. The van der Waals surface area contributed by atoms with Crippen LogP contribution in [0.2, 0.25) is 0 Å². The van der Waals surface area contributed by atoms with Crippen LogP contribution in [0.3, 0.4) is 0 Å². The molecular weight excluding hydrogens is 198 g/mol. The fraction of sp³-hybridized carbons (Fsp3) is 0.500. The van der Waals surface area contributed by atoms with Gasteiger partial charge in [-0.25, -0.2) is 4.98 Å². The lowest BCUT2D eigenvalue weighted by Crippen LogP contribution is -2.23. The van der Waals surface area contributed by atoms with Gasteiger partial charge in [0.05, 0.1) is 6.04 Å². The number of hydrogen-bond acceptors (Lipinski definition) is 4. The molecule has 0 saturated heterocycles. The lowest BCUT2D eigenvalue weighted by molar-refractivity contribution is 0.615. The van der Waals surface area contributed by atoms with Crippen LogP contribution in [0, 0.1) is 0 Å². The number of nitrogens with two attached hydrogens (primary N) is 3. The third kappa shape index (κ3) is 3.71. The first-order chi connectivity index (χ1) is 6.70. The summed E-state index contributed by atoms with van der Waals surface area (Å²) in [6.45, 7) is 0.626. The number of rotatable bonds is 5. The largest absolute Gasteiger partial charge is 0.370 e. The van der Waals surface area contributed by atoms with E-state index in [0.29, 0.717) is 6.54 Å². The summed E-state index contributed by atoms with van der Waals surface area (Å²) < 4.78 is 0. The van der Waals surface area contributed by atoms with Crippen LogP contribution in [0.4, 0.5) is 0 Å². The third-order valence-electron chi connectivity index (χ3n) is 1.74. The van der Waals surface area contributed by atoms with E-state index in [0.717, 1.165) is 17.8 Å². The standard InChI is InChI=1S/C8H15N5S/c9-6(7-12-4-5-14-7)2-1-3-13-8(10)11/h4-6H,1-3,9H2,(H4,10,11,13). The van der Waals surface area contributed by atoms with Crippen LogP contribution in [0.25, 0.3) is 0 Å². The van der Waals surface area contributed by atoms with E-state index in [1.807, 2.05) is 5.38 Å². The Bertz CT molecular complexity index is 278. The Morgan fingerprint density at radius 3 is 2.93 bits per heavy atom. The second kappa shape index (κ2) is 5.56. The highest BCUT2D eigenvalue weighted by Crippen LogP contribution is 2.17. The maximum absolute atomic E-state index is 5.89. The number of nitrogens with zero attached hydrogens (tertiary/aromatic N) is 2. The van der Waals surface area contributed by atoms with Gasteiger partial charge in [0.2, 0.25) is 0 Å². The molecule has 14 heavy (non-hydrogen) atoms. The molecule has 1 atom stereocenters. The van der Waals surface area contributed by atoms with Crippen molar-refractivity contribution in [3.63, 3.8) is 0 Å². The van der Waals surface area contributed by atoms with Crippen LogP contribution in [-0.4, -0.2) is 17.5 Å². The van der Waals surface area contributed by atoms with Crippen molar-refractivity contribution in [3.05, 3.63) is 16.6 Å². The predicted octanol–water partition coefficient (Wildman–Crippen LogP) is 0.196. The van der Waals surface area contributed by atoms with Gasteiger partial charge in [-0.15, -0.1) is 11.3 Å². The monoisotopic (exact) mass is 213 g/mol. The van der Waals surface area contributed by atoms with E-state index >= 15 is 0 Å². The Labute approximate surface area is 87.0 Å². The number of aromatic nitrogens is 1. The van der Waals surface area contributed by atoms with Crippen molar-refractivity contribution in [2.24, 2.45) is 22.2 Å². The van der Waals surface area contributed by atoms with Crippen molar-refractivity contribution in [2.45, 2.75) is 18.9 Å². The Morgan fingerprint density at radius 2 is 2.36 bits per heavy atom. The van der Waals surface area contributed by atoms with Gasteiger partial charge in [0, 0.05) is 18.1 Å². The maximum Gasteiger partial charge on any atom is 0.185 e. The van der Waals surface area contributed by atoms with Gasteiger partial charge < -0.3 is 17.2 Å². The molecule has 0 radical (unpaired) electrons. The Balaban J connectivity index is 2.22. The summed E-state index contributed by atoms with van der Waals surface area (Å²) >= 11 is 1.57. The van der Waals surface area contributed by atoms with Crippen LogP contribution in [0.1, 0.15) is 23.9 Å². The molecule has 0 amide bonds. The Morgan fingerprint density at radius 1 is 1.57 bits per heavy atom. The molecule has 0 saturated carbocycles. The quantitative estimate of drug-likeness (QED) is 0.369. The average molecular weight is 213 g/mol. The molecule has 1 rings (SSSR count). The van der Waals surface area contributed by atoms with Crippen LogP contribution >= 0.6 is 11.3 Å². The molecule has 5 nitrogen and oxygen atoms in total. The molecule has 1 aromatic rings. The number of guanidine groups is 1. The fourth-order valence-electron chi connectivity index (χ4n) is 1.06. The summed E-state index contributed by atoms with van der Waals surface area (Å²) in [5, 5.41) is 2.89. The van der Waals surface area contributed by atoms with Gasteiger partial charge in [0.15, 0.2) is 5.96 Å². The second-order valence-electron chi connectivity index (χ2n) is 2.93. The molecule has 1 heterocycles. The molecule has 0 aromatic carbocycles. The van der Waals surface area contributed by atoms with E-state index < -0.39 is 0 Å². The van der Waals surface area contributed by atoms with Crippen LogP contribution in [-0.2, 0) is 0 Å². The molecule has 0 aliphatic carbocycles. The topological polar surface area (TPSA) is 103 Å². The van der Waals surface area contributed by atoms with E-state index in [-0.39, 0.29) is 12.0 Å². The second-order valence-corrected chi connectivity index (χ2v) is 3.85.